The van der Waals surface area contributed by atoms with E-state index < -0.39 is 47.0 Å². The highest BCUT2D eigenvalue weighted by atomic mass is 32.2. The molecule has 2 aliphatic rings. The maximum Gasteiger partial charge on any atom is 0.347 e. The van der Waals surface area contributed by atoms with E-state index in [1.54, 1.807) is 14.0 Å². The largest absolute Gasteiger partial charge is 0.543 e. The molecule has 0 aromatic carbocycles. The zero-order chi connectivity index (χ0) is 30.9. The molecule has 224 valence electrons. The van der Waals surface area contributed by atoms with Crippen LogP contribution in [0.3, 0.4) is 0 Å². The number of aliphatic carboxylic acids is 2. The van der Waals surface area contributed by atoms with Gasteiger partial charge in [0.05, 0.1) is 17.2 Å². The Kier molecular flexibility index (Phi) is 8.97. The lowest BCUT2D eigenvalue weighted by molar-refractivity contribution is -0.668. The lowest BCUT2D eigenvalue weighted by Crippen LogP contribution is -2.71. The lowest BCUT2D eigenvalue weighted by atomic mass is 10.0. The summed E-state index contributed by atoms with van der Waals surface area (Å²) in [5.74, 6) is 2.77. The number of thiazole rings is 1. The lowest BCUT2D eigenvalue weighted by Gasteiger charge is -2.50. The van der Waals surface area contributed by atoms with Crippen LogP contribution in [0.4, 0.5) is 16.8 Å². The van der Waals surface area contributed by atoms with Crippen LogP contribution < -0.4 is 37.7 Å². The number of thioether (sulfide) groups is 2. The third-order valence-corrected chi connectivity index (χ3v) is 9.22. The van der Waals surface area contributed by atoms with Gasteiger partial charge in [-0.3, -0.25) is 20.3 Å². The summed E-state index contributed by atoms with van der Waals surface area (Å²) in [7, 11) is 1.67. The summed E-state index contributed by atoms with van der Waals surface area (Å²) in [6, 6.07) is -1.12. The number of fused-ring (bicyclic) bond motifs is 1. The van der Waals surface area contributed by atoms with Gasteiger partial charge in [0.2, 0.25) is 11.9 Å². The van der Waals surface area contributed by atoms with Crippen LogP contribution in [0.1, 0.15) is 18.2 Å². The number of nitrogen functional groups attached to an aromatic ring is 3. The summed E-state index contributed by atoms with van der Waals surface area (Å²) in [6.07, 6.45) is -1.38. The first-order valence-electron chi connectivity index (χ1n) is 12.0. The molecule has 0 aliphatic carbocycles. The number of carbonyl (C=O) groups excluding carboxylic acids is 3. The van der Waals surface area contributed by atoms with Crippen LogP contribution in [-0.4, -0.2) is 85.5 Å². The molecule has 17 nitrogen and oxygen atoms in total. The van der Waals surface area contributed by atoms with Gasteiger partial charge in [0.1, 0.15) is 17.1 Å². The Balaban J connectivity index is 1.53. The van der Waals surface area contributed by atoms with E-state index in [9.17, 15) is 24.3 Å². The number of amides is 2. The van der Waals surface area contributed by atoms with Crippen molar-refractivity contribution in [1.29, 1.82) is 0 Å². The minimum atomic E-state index is -1.56. The van der Waals surface area contributed by atoms with E-state index in [1.165, 1.54) is 28.7 Å². The van der Waals surface area contributed by atoms with Gasteiger partial charge in [-0.25, -0.2) is 9.78 Å². The number of nitrogens with two attached hydrogens (primary N) is 3. The van der Waals surface area contributed by atoms with Crippen molar-refractivity contribution in [1.82, 2.24) is 20.2 Å². The molecule has 1 unspecified atom stereocenters. The Morgan fingerprint density at radius 1 is 1.38 bits per heavy atom. The molecule has 2 aliphatic heterocycles. The maximum atomic E-state index is 13.1. The number of aromatic nitrogens is 3. The molecule has 3 atom stereocenters. The molecule has 20 heteroatoms. The van der Waals surface area contributed by atoms with Crippen molar-refractivity contribution in [3.8, 4) is 0 Å². The van der Waals surface area contributed by atoms with Crippen molar-refractivity contribution in [2.45, 2.75) is 36.5 Å². The fourth-order valence-electron chi connectivity index (χ4n) is 3.97. The minimum absolute atomic E-state index is 0.00562. The SMILES string of the molecule is CNc1c(C)c(N)nc(SCC2=C(C(=O)[O-])N3C(=O)C(NC(=O)/C(=N\O[C@@H](C)C(=O)O)c4csc(N)n4)[C@H]3SC2)[n+]1N. The van der Waals surface area contributed by atoms with Gasteiger partial charge in [0, 0.05) is 23.9 Å². The second-order valence-corrected chi connectivity index (χ2v) is 11.8. The quantitative estimate of drug-likeness (QED) is 0.0281. The number of nitrogens with zero attached hydrogens (tertiary/aromatic N) is 5. The fourth-order valence-corrected chi connectivity index (χ4v) is 6.93. The Hall–Kier alpha value is -4.30. The van der Waals surface area contributed by atoms with Crippen LogP contribution in [0.2, 0.25) is 0 Å². The van der Waals surface area contributed by atoms with Crippen molar-refractivity contribution in [2.24, 2.45) is 5.16 Å². The molecule has 0 radical (unpaired) electrons. The molecule has 0 bridgehead atoms. The molecule has 1 fully saturated rings. The number of oxime groups is 1. The van der Waals surface area contributed by atoms with Gasteiger partial charge in [0.15, 0.2) is 10.8 Å². The standard InChI is InChI=1S/C22H26N10O7S3/c1-7-14(23)29-22(32(25)15(7)26-3)42-5-9-4-40-18-12(17(34)31(18)13(9)20(37)38)28-16(33)11(10-6-41-21(24)27-10)30-39-8(2)19(35)36/h6,8,12,18H,4-5,25H2,1-3H3,(H7,23,24,26,27,28,33,35,36,37,38)/b30-11-/t8-,12?,18+/m0/s1. The van der Waals surface area contributed by atoms with Crippen LogP contribution in [0.25, 0.3) is 0 Å². The van der Waals surface area contributed by atoms with Crippen molar-refractivity contribution in [3.05, 3.63) is 27.9 Å². The minimum Gasteiger partial charge on any atom is -0.543 e. The highest BCUT2D eigenvalue weighted by Gasteiger charge is 2.53. The van der Waals surface area contributed by atoms with Crippen molar-refractivity contribution < 1.29 is 38.9 Å². The van der Waals surface area contributed by atoms with E-state index in [2.05, 4.69) is 25.8 Å². The van der Waals surface area contributed by atoms with Crippen molar-refractivity contribution in [2.75, 3.05) is 41.2 Å². The van der Waals surface area contributed by atoms with Gasteiger partial charge in [-0.1, -0.05) is 10.1 Å². The van der Waals surface area contributed by atoms with E-state index in [0.717, 1.165) is 28.0 Å². The first-order valence-corrected chi connectivity index (χ1v) is 14.9. The van der Waals surface area contributed by atoms with Crippen LogP contribution in [-0.2, 0) is 24.0 Å². The summed E-state index contributed by atoms with van der Waals surface area (Å²) in [5.41, 5.74) is 12.0. The number of carboxylic acid groups (broad SMARTS) is 2. The number of anilines is 3. The van der Waals surface area contributed by atoms with Crippen LogP contribution in [0, 0.1) is 6.92 Å². The van der Waals surface area contributed by atoms with E-state index in [1.807, 2.05) is 0 Å². The molecular weight excluding hydrogens is 613 g/mol. The third kappa shape index (κ3) is 5.85. The summed E-state index contributed by atoms with van der Waals surface area (Å²) in [4.78, 5) is 63.7. The van der Waals surface area contributed by atoms with E-state index >= 15 is 0 Å². The summed E-state index contributed by atoms with van der Waals surface area (Å²) in [5, 5.41) is 31.4. The predicted molar refractivity (Wildman–Crippen MR) is 152 cm³/mol. The number of rotatable bonds is 11. The van der Waals surface area contributed by atoms with Gasteiger partial charge >= 0.3 is 11.1 Å². The van der Waals surface area contributed by atoms with E-state index in [4.69, 9.17) is 27.3 Å². The fraction of sp³-hybridized carbons (Fsp3) is 0.364. The molecule has 42 heavy (non-hydrogen) atoms. The first kappa shape index (κ1) is 30.7. The smallest absolute Gasteiger partial charge is 0.347 e. The van der Waals surface area contributed by atoms with Gasteiger partial charge in [-0.2, -0.15) is 0 Å². The predicted octanol–water partition coefficient (Wildman–Crippen LogP) is -2.56. The normalized spacial score (nSPS) is 19.1. The zero-order valence-corrected chi connectivity index (χ0v) is 24.8. The Morgan fingerprint density at radius 3 is 2.69 bits per heavy atom. The molecule has 4 heterocycles. The average molecular weight is 639 g/mol. The van der Waals surface area contributed by atoms with Gasteiger partial charge in [0.25, 0.3) is 17.6 Å². The number of β-lactam (4-membered cyclic amide) rings is 1. The Labute approximate surface area is 250 Å². The molecule has 2 aromatic rings. The highest BCUT2D eigenvalue weighted by Crippen LogP contribution is 2.41. The molecule has 2 aromatic heterocycles. The summed E-state index contributed by atoms with van der Waals surface area (Å²) < 4.78 is 1.30. The first-order chi connectivity index (χ1) is 19.8. The average Bonchev–Trinajstić information content (AvgIpc) is 3.38. The van der Waals surface area contributed by atoms with Crippen LogP contribution in [0.5, 0.6) is 0 Å². The number of carbonyl (C=O) groups is 4. The van der Waals surface area contributed by atoms with Crippen LogP contribution in [0.15, 0.2) is 27.0 Å². The Morgan fingerprint density at radius 2 is 2.10 bits per heavy atom. The zero-order valence-electron chi connectivity index (χ0n) is 22.3. The van der Waals surface area contributed by atoms with Crippen molar-refractivity contribution in [3.63, 3.8) is 0 Å². The van der Waals surface area contributed by atoms with Crippen molar-refractivity contribution >= 4 is 81.1 Å². The van der Waals surface area contributed by atoms with Gasteiger partial charge in [-0.15, -0.1) is 27.8 Å². The maximum absolute atomic E-state index is 13.1. The number of hydrogen-bond acceptors (Lipinski definition) is 16. The molecule has 4 rings (SSSR count). The number of nitrogens with one attached hydrogen (secondary N) is 2. The topological polar surface area (TPSA) is 268 Å². The van der Waals surface area contributed by atoms with Crippen LogP contribution >= 0.6 is 34.9 Å². The molecule has 2 amide bonds. The summed E-state index contributed by atoms with van der Waals surface area (Å²) in [6.45, 7) is 2.96. The third-order valence-electron chi connectivity index (χ3n) is 6.17. The highest BCUT2D eigenvalue weighted by molar-refractivity contribution is 8.01. The molecule has 0 saturated carbocycles. The monoisotopic (exact) mass is 638 g/mol. The van der Waals surface area contributed by atoms with E-state index in [-0.39, 0.29) is 33.8 Å². The Bertz CT molecular complexity index is 1530. The number of carboxylic acids is 2. The molecule has 9 N–H and O–H groups in total. The molecule has 1 saturated heterocycles. The second-order valence-electron chi connectivity index (χ2n) is 8.86. The van der Waals surface area contributed by atoms with Gasteiger partial charge in [-0.05, 0) is 31.2 Å². The molecule has 0 spiro atoms. The molecular formula is C22H26N10O7S3. The second kappa shape index (κ2) is 12.3. The van der Waals surface area contributed by atoms with Gasteiger partial charge < -0.3 is 41.9 Å². The van der Waals surface area contributed by atoms with E-state index in [0.29, 0.717) is 22.1 Å². The summed E-state index contributed by atoms with van der Waals surface area (Å²) >= 11 is 3.37. The number of hydrogen-bond donors (Lipinski definition) is 6.